The van der Waals surface area contributed by atoms with Crippen LogP contribution in [0.4, 0.5) is 0 Å². The molecule has 0 aromatic rings. The molecule has 2 nitrogen and oxygen atoms in total. The van der Waals surface area contributed by atoms with Gasteiger partial charge in [0.1, 0.15) is 0 Å². The average Bonchev–Trinajstić information content (AvgIpc) is 2.50. The second-order valence-electron chi connectivity index (χ2n) is 2.86. The van der Waals surface area contributed by atoms with Crippen molar-refractivity contribution < 1.29 is 9.47 Å². The SMILES string of the molecule is C#CC1(C=C)OCC(CCC)O1. The molecule has 0 amide bonds. The van der Waals surface area contributed by atoms with Gasteiger partial charge in [0.15, 0.2) is 0 Å². The molecular formula is C10H14O2. The number of terminal acetylenes is 1. The number of hydrogen-bond acceptors (Lipinski definition) is 2. The van der Waals surface area contributed by atoms with Gasteiger partial charge in [0, 0.05) is 0 Å². The molecule has 2 atom stereocenters. The minimum Gasteiger partial charge on any atom is -0.334 e. The van der Waals surface area contributed by atoms with Crippen molar-refractivity contribution in [2.24, 2.45) is 0 Å². The molecule has 0 aromatic carbocycles. The Morgan fingerprint density at radius 2 is 2.58 bits per heavy atom. The molecule has 1 aliphatic rings. The highest BCUT2D eigenvalue weighted by Crippen LogP contribution is 2.26. The lowest BCUT2D eigenvalue weighted by molar-refractivity contribution is -0.0813. The minimum atomic E-state index is -0.958. The van der Waals surface area contributed by atoms with E-state index >= 15 is 0 Å². The summed E-state index contributed by atoms with van der Waals surface area (Å²) < 4.78 is 10.8. The Kier molecular flexibility index (Phi) is 2.91. The Balaban J connectivity index is 2.54. The summed E-state index contributed by atoms with van der Waals surface area (Å²) in [5.41, 5.74) is 0. The molecule has 2 heteroatoms. The first kappa shape index (κ1) is 9.31. The molecule has 0 aromatic heterocycles. The fourth-order valence-electron chi connectivity index (χ4n) is 1.24. The maximum absolute atomic E-state index is 5.51. The molecular weight excluding hydrogens is 152 g/mol. The summed E-state index contributed by atoms with van der Waals surface area (Å²) in [6.45, 7) is 6.27. The monoisotopic (exact) mass is 166 g/mol. The minimum absolute atomic E-state index is 0.129. The molecule has 1 rings (SSSR count). The molecule has 0 spiro atoms. The maximum Gasteiger partial charge on any atom is 0.254 e. The molecule has 1 heterocycles. The van der Waals surface area contributed by atoms with Crippen LogP contribution in [0.15, 0.2) is 12.7 Å². The summed E-state index contributed by atoms with van der Waals surface area (Å²) in [5.74, 6) is 1.49. The third kappa shape index (κ3) is 1.69. The second kappa shape index (κ2) is 3.75. The maximum atomic E-state index is 5.51. The van der Waals surface area contributed by atoms with Gasteiger partial charge in [-0.2, -0.15) is 0 Å². The van der Waals surface area contributed by atoms with Crippen LogP contribution in [0.3, 0.4) is 0 Å². The molecule has 0 radical (unpaired) electrons. The largest absolute Gasteiger partial charge is 0.334 e. The molecule has 1 aliphatic heterocycles. The van der Waals surface area contributed by atoms with Crippen LogP contribution in [0.5, 0.6) is 0 Å². The van der Waals surface area contributed by atoms with E-state index in [1.807, 2.05) is 0 Å². The topological polar surface area (TPSA) is 18.5 Å². The Morgan fingerprint density at radius 3 is 3.00 bits per heavy atom. The van der Waals surface area contributed by atoms with Crippen LogP contribution in [0.25, 0.3) is 0 Å². The third-order valence-electron chi connectivity index (χ3n) is 1.91. The van der Waals surface area contributed by atoms with Crippen LogP contribution in [-0.2, 0) is 9.47 Å². The predicted octanol–water partition coefficient (Wildman–Crippen LogP) is 1.72. The predicted molar refractivity (Wildman–Crippen MR) is 47.5 cm³/mol. The van der Waals surface area contributed by atoms with Crippen LogP contribution in [0.2, 0.25) is 0 Å². The Bertz CT molecular complexity index is 204. The van der Waals surface area contributed by atoms with Gasteiger partial charge in [-0.05, 0) is 18.4 Å². The van der Waals surface area contributed by atoms with E-state index in [1.165, 1.54) is 6.08 Å². The highest BCUT2D eigenvalue weighted by molar-refractivity contribution is 5.14. The summed E-state index contributed by atoms with van der Waals surface area (Å²) in [4.78, 5) is 0. The van der Waals surface area contributed by atoms with Gasteiger partial charge in [-0.3, -0.25) is 0 Å². The van der Waals surface area contributed by atoms with Crippen molar-refractivity contribution in [2.75, 3.05) is 6.61 Å². The van der Waals surface area contributed by atoms with E-state index in [4.69, 9.17) is 15.9 Å². The smallest absolute Gasteiger partial charge is 0.254 e. The lowest BCUT2D eigenvalue weighted by atomic mass is 10.2. The fraction of sp³-hybridized carbons (Fsp3) is 0.600. The van der Waals surface area contributed by atoms with Crippen LogP contribution in [0, 0.1) is 12.3 Å². The van der Waals surface area contributed by atoms with E-state index in [-0.39, 0.29) is 6.10 Å². The first-order valence-electron chi connectivity index (χ1n) is 4.19. The van der Waals surface area contributed by atoms with Crippen molar-refractivity contribution in [2.45, 2.75) is 31.7 Å². The summed E-state index contributed by atoms with van der Waals surface area (Å²) in [5, 5.41) is 0. The number of rotatable bonds is 3. The summed E-state index contributed by atoms with van der Waals surface area (Å²) in [6.07, 6.45) is 8.98. The van der Waals surface area contributed by atoms with Gasteiger partial charge < -0.3 is 9.47 Å². The van der Waals surface area contributed by atoms with Crippen molar-refractivity contribution in [3.05, 3.63) is 12.7 Å². The van der Waals surface area contributed by atoms with Gasteiger partial charge in [0.05, 0.1) is 12.7 Å². The normalized spacial score (nSPS) is 34.5. The average molecular weight is 166 g/mol. The van der Waals surface area contributed by atoms with Gasteiger partial charge in [-0.1, -0.05) is 19.9 Å². The van der Waals surface area contributed by atoms with Crippen LogP contribution >= 0.6 is 0 Å². The first-order valence-corrected chi connectivity index (χ1v) is 4.19. The van der Waals surface area contributed by atoms with Gasteiger partial charge in [0.2, 0.25) is 0 Å². The van der Waals surface area contributed by atoms with E-state index < -0.39 is 5.79 Å². The molecule has 0 bridgehead atoms. The lowest BCUT2D eigenvalue weighted by Crippen LogP contribution is -2.25. The first-order chi connectivity index (χ1) is 5.76. The highest BCUT2D eigenvalue weighted by Gasteiger charge is 2.36. The van der Waals surface area contributed by atoms with Crippen molar-refractivity contribution in [3.63, 3.8) is 0 Å². The van der Waals surface area contributed by atoms with Crippen molar-refractivity contribution in [1.29, 1.82) is 0 Å². The quantitative estimate of drug-likeness (QED) is 0.469. The van der Waals surface area contributed by atoms with E-state index in [0.717, 1.165) is 12.8 Å². The van der Waals surface area contributed by atoms with Crippen LogP contribution < -0.4 is 0 Å². The summed E-state index contributed by atoms with van der Waals surface area (Å²) in [6, 6.07) is 0. The zero-order valence-corrected chi connectivity index (χ0v) is 7.38. The number of hydrogen-bond donors (Lipinski definition) is 0. The van der Waals surface area contributed by atoms with Gasteiger partial charge in [-0.15, -0.1) is 6.42 Å². The number of ether oxygens (including phenoxy) is 2. The zero-order chi connectivity index (χ0) is 9.03. The van der Waals surface area contributed by atoms with E-state index in [0.29, 0.717) is 6.61 Å². The molecule has 2 unspecified atom stereocenters. The Hall–Kier alpha value is -0.780. The molecule has 12 heavy (non-hydrogen) atoms. The molecule has 0 aliphatic carbocycles. The molecule has 1 fully saturated rings. The van der Waals surface area contributed by atoms with Crippen molar-refractivity contribution in [1.82, 2.24) is 0 Å². The third-order valence-corrected chi connectivity index (χ3v) is 1.91. The van der Waals surface area contributed by atoms with Crippen molar-refractivity contribution in [3.8, 4) is 12.3 Å². The van der Waals surface area contributed by atoms with E-state index in [9.17, 15) is 0 Å². The highest BCUT2D eigenvalue weighted by atomic mass is 16.7. The van der Waals surface area contributed by atoms with Crippen LogP contribution in [0.1, 0.15) is 19.8 Å². The lowest BCUT2D eigenvalue weighted by Gasteiger charge is -2.16. The standard InChI is InChI=1S/C10H14O2/c1-4-7-9-8-11-10(5-2,6-3)12-9/h2,6,9H,3-4,7-8H2,1H3. The van der Waals surface area contributed by atoms with E-state index in [1.54, 1.807) is 0 Å². The van der Waals surface area contributed by atoms with Gasteiger partial charge in [0.25, 0.3) is 5.79 Å². The molecule has 0 N–H and O–H groups in total. The van der Waals surface area contributed by atoms with Gasteiger partial charge >= 0.3 is 0 Å². The van der Waals surface area contributed by atoms with E-state index in [2.05, 4.69) is 19.4 Å². The molecule has 0 saturated carbocycles. The Morgan fingerprint density at radius 1 is 1.83 bits per heavy atom. The zero-order valence-electron chi connectivity index (χ0n) is 7.38. The van der Waals surface area contributed by atoms with Crippen LogP contribution in [-0.4, -0.2) is 18.5 Å². The fourth-order valence-corrected chi connectivity index (χ4v) is 1.24. The molecule has 1 saturated heterocycles. The second-order valence-corrected chi connectivity index (χ2v) is 2.86. The Labute approximate surface area is 73.6 Å². The summed E-state index contributed by atoms with van der Waals surface area (Å²) >= 11 is 0. The van der Waals surface area contributed by atoms with Gasteiger partial charge in [-0.25, -0.2) is 0 Å². The molecule has 66 valence electrons. The van der Waals surface area contributed by atoms with Crippen molar-refractivity contribution >= 4 is 0 Å². The summed E-state index contributed by atoms with van der Waals surface area (Å²) in [7, 11) is 0.